The minimum absolute atomic E-state index is 0.0971. The molecule has 9 nitrogen and oxygen atoms in total. The van der Waals surface area contributed by atoms with Crippen LogP contribution in [-0.2, 0) is 26.5 Å². The van der Waals surface area contributed by atoms with Gasteiger partial charge in [-0.25, -0.2) is 20.8 Å². The molecule has 4 rings (SSSR count). The summed E-state index contributed by atoms with van der Waals surface area (Å²) < 4.78 is 55.0. The van der Waals surface area contributed by atoms with Gasteiger partial charge in [0.1, 0.15) is 0 Å². The molecule has 162 valence electrons. The lowest BCUT2D eigenvalue weighted by atomic mass is 10.1. The van der Waals surface area contributed by atoms with Gasteiger partial charge in [0.25, 0.3) is 25.7 Å². The molecule has 1 aliphatic rings. The number of anilines is 1. The molecule has 1 aromatic heterocycles. The summed E-state index contributed by atoms with van der Waals surface area (Å²) in [4.78, 5) is 10.3. The summed E-state index contributed by atoms with van der Waals surface area (Å²) in [6, 6.07) is 12.5. The molecule has 2 heterocycles. The van der Waals surface area contributed by atoms with Crippen LogP contribution in [0.15, 0.2) is 70.6 Å². The first-order chi connectivity index (χ1) is 14.6. The van der Waals surface area contributed by atoms with Crippen LogP contribution < -0.4 is 4.31 Å². The van der Waals surface area contributed by atoms with E-state index < -0.39 is 25.0 Å². The third-order valence-electron chi connectivity index (χ3n) is 5.19. The summed E-state index contributed by atoms with van der Waals surface area (Å²) in [6.07, 6.45) is 2.20. The van der Waals surface area contributed by atoms with Crippen LogP contribution in [0.5, 0.6) is 0 Å². The Morgan fingerprint density at radius 1 is 0.871 bits per heavy atom. The third-order valence-corrected chi connectivity index (χ3v) is 8.74. The molecule has 0 unspecified atom stereocenters. The summed E-state index contributed by atoms with van der Waals surface area (Å²) >= 11 is 0. The fourth-order valence-electron chi connectivity index (χ4n) is 3.58. The Morgan fingerprint density at radius 2 is 1.45 bits per heavy atom. The number of sulfonamides is 1. The highest BCUT2D eigenvalue weighted by atomic mass is 32.2. The van der Waals surface area contributed by atoms with Crippen LogP contribution in [-0.4, -0.2) is 32.3 Å². The number of fused-ring (bicyclic) bond motifs is 1. The lowest BCUT2D eigenvalue weighted by Gasteiger charge is -2.29. The molecule has 0 atom stereocenters. The molecule has 0 saturated heterocycles. The Balaban J connectivity index is 1.75. The molecule has 11 heteroatoms. The Bertz CT molecular complexity index is 1360. The number of hydrogen-bond acceptors (Lipinski definition) is 6. The van der Waals surface area contributed by atoms with Crippen LogP contribution in [0.25, 0.3) is 0 Å². The van der Waals surface area contributed by atoms with E-state index in [0.717, 1.165) is 26.0 Å². The van der Waals surface area contributed by atoms with Gasteiger partial charge < -0.3 is 0 Å². The molecule has 0 amide bonds. The average Bonchev–Trinajstić information content (AvgIpc) is 3.19. The maximum Gasteiger partial charge on any atom is 0.269 e. The molecule has 0 N–H and O–H groups in total. The van der Waals surface area contributed by atoms with Crippen molar-refractivity contribution < 1.29 is 21.8 Å². The number of aromatic nitrogens is 1. The largest absolute Gasteiger partial charge is 0.269 e. The summed E-state index contributed by atoms with van der Waals surface area (Å²) in [5, 5.41) is 10.8. The second kappa shape index (κ2) is 7.50. The van der Waals surface area contributed by atoms with Gasteiger partial charge in [0.05, 0.1) is 26.1 Å². The van der Waals surface area contributed by atoms with E-state index in [1.807, 2.05) is 6.92 Å². The first-order valence-electron chi connectivity index (χ1n) is 9.42. The van der Waals surface area contributed by atoms with Crippen LogP contribution in [0.2, 0.25) is 0 Å². The first-order valence-corrected chi connectivity index (χ1v) is 12.3. The molecule has 2 aromatic carbocycles. The normalized spacial score (nSPS) is 14.3. The van der Waals surface area contributed by atoms with Gasteiger partial charge in [0.2, 0.25) is 0 Å². The van der Waals surface area contributed by atoms with Crippen molar-refractivity contribution in [2.75, 3.05) is 10.8 Å². The maximum atomic E-state index is 13.2. The molecule has 0 aliphatic carbocycles. The van der Waals surface area contributed by atoms with Crippen molar-refractivity contribution in [1.29, 1.82) is 0 Å². The van der Waals surface area contributed by atoms with Crippen LogP contribution in [0.1, 0.15) is 17.7 Å². The van der Waals surface area contributed by atoms with E-state index in [9.17, 15) is 26.9 Å². The molecule has 0 saturated carbocycles. The Labute approximate surface area is 179 Å². The van der Waals surface area contributed by atoms with E-state index in [1.54, 1.807) is 12.1 Å². The number of rotatable bonds is 5. The highest BCUT2D eigenvalue weighted by Gasteiger charge is 2.33. The molecule has 0 bridgehead atoms. The number of nitrogens with zero attached hydrogens (tertiary/aromatic N) is 3. The van der Waals surface area contributed by atoms with Crippen molar-refractivity contribution in [3.8, 4) is 0 Å². The SMILES string of the molecule is Cc1ccc(S(=O)(=O)n2ccc3c2CCCN3S(=O)(=O)c2ccc([N+](=O)[O-])cc2)cc1. The summed E-state index contributed by atoms with van der Waals surface area (Å²) in [5.74, 6) is 0. The molecular weight excluding hydrogens is 442 g/mol. The third kappa shape index (κ3) is 3.59. The number of nitro groups is 1. The fraction of sp³-hybridized carbons (Fsp3) is 0.200. The molecular formula is C20H19N3O6S2. The smallest absolute Gasteiger partial charge is 0.264 e. The van der Waals surface area contributed by atoms with Gasteiger partial charge in [-0.15, -0.1) is 0 Å². The monoisotopic (exact) mass is 461 g/mol. The Hall–Kier alpha value is -3.18. The fourth-order valence-corrected chi connectivity index (χ4v) is 6.51. The zero-order valence-corrected chi connectivity index (χ0v) is 18.1. The molecule has 1 aliphatic heterocycles. The van der Waals surface area contributed by atoms with E-state index in [2.05, 4.69) is 0 Å². The van der Waals surface area contributed by atoms with Gasteiger partial charge >= 0.3 is 0 Å². The summed E-state index contributed by atoms with van der Waals surface area (Å²) in [6.45, 7) is 2.04. The van der Waals surface area contributed by atoms with Crippen LogP contribution in [0.3, 0.4) is 0 Å². The van der Waals surface area contributed by atoms with Crippen LogP contribution in [0, 0.1) is 17.0 Å². The van der Waals surface area contributed by atoms with Crippen molar-refractivity contribution in [1.82, 2.24) is 3.97 Å². The van der Waals surface area contributed by atoms with E-state index in [0.29, 0.717) is 24.2 Å². The summed E-state index contributed by atoms with van der Waals surface area (Å²) in [5.41, 5.74) is 1.39. The highest BCUT2D eigenvalue weighted by molar-refractivity contribution is 7.93. The van der Waals surface area contributed by atoms with Crippen molar-refractivity contribution in [3.63, 3.8) is 0 Å². The number of hydrogen-bond donors (Lipinski definition) is 0. The van der Waals surface area contributed by atoms with E-state index in [-0.39, 0.29) is 22.0 Å². The van der Waals surface area contributed by atoms with Crippen LogP contribution in [0.4, 0.5) is 11.4 Å². The molecule has 0 spiro atoms. The number of benzene rings is 2. The second-order valence-electron chi connectivity index (χ2n) is 7.19. The predicted molar refractivity (Wildman–Crippen MR) is 114 cm³/mol. The van der Waals surface area contributed by atoms with Crippen molar-refractivity contribution in [2.45, 2.75) is 29.6 Å². The van der Waals surface area contributed by atoms with Gasteiger partial charge in [0.15, 0.2) is 0 Å². The number of aryl methyl sites for hydroxylation is 1. The summed E-state index contributed by atoms with van der Waals surface area (Å²) in [7, 11) is -7.90. The van der Waals surface area contributed by atoms with Crippen molar-refractivity contribution >= 4 is 31.4 Å². The lowest BCUT2D eigenvalue weighted by molar-refractivity contribution is -0.384. The van der Waals surface area contributed by atoms with E-state index in [4.69, 9.17) is 0 Å². The maximum absolute atomic E-state index is 13.2. The van der Waals surface area contributed by atoms with E-state index >= 15 is 0 Å². The van der Waals surface area contributed by atoms with Gasteiger partial charge in [0, 0.05) is 24.9 Å². The Morgan fingerprint density at radius 3 is 2.06 bits per heavy atom. The zero-order valence-electron chi connectivity index (χ0n) is 16.5. The standard InChI is InChI=1S/C20H19N3O6S2/c1-15-4-8-17(9-5-15)31(28,29)22-14-12-20-19(22)3-2-13-21(20)30(26,27)18-10-6-16(7-11-18)23(24)25/h4-12,14H,2-3,13H2,1H3. The van der Waals surface area contributed by atoms with Gasteiger partial charge in [-0.2, -0.15) is 0 Å². The van der Waals surface area contributed by atoms with Gasteiger partial charge in [-0.05, 0) is 50.1 Å². The lowest BCUT2D eigenvalue weighted by Crippen LogP contribution is -2.35. The van der Waals surface area contributed by atoms with Crippen LogP contribution >= 0.6 is 0 Å². The number of nitro benzene ring substituents is 1. The molecule has 0 radical (unpaired) electrons. The van der Waals surface area contributed by atoms with Crippen molar-refractivity contribution in [3.05, 3.63) is 82.2 Å². The van der Waals surface area contributed by atoms with Gasteiger partial charge in [-0.3, -0.25) is 14.4 Å². The molecule has 0 fully saturated rings. The highest BCUT2D eigenvalue weighted by Crippen LogP contribution is 2.35. The molecule has 31 heavy (non-hydrogen) atoms. The van der Waals surface area contributed by atoms with Gasteiger partial charge in [-0.1, -0.05) is 17.7 Å². The molecule has 3 aromatic rings. The average molecular weight is 462 g/mol. The van der Waals surface area contributed by atoms with Crippen molar-refractivity contribution in [2.24, 2.45) is 0 Å². The van der Waals surface area contributed by atoms with E-state index in [1.165, 1.54) is 36.5 Å². The minimum atomic E-state index is -4.02. The predicted octanol–water partition coefficient (Wildman–Crippen LogP) is 3.08. The second-order valence-corrected chi connectivity index (χ2v) is 10.9. The number of non-ortho nitro benzene ring substituents is 1. The zero-order chi connectivity index (χ0) is 22.4. The topological polar surface area (TPSA) is 120 Å². The Kier molecular flexibility index (Phi) is 5.10. The minimum Gasteiger partial charge on any atom is -0.264 e. The first kappa shape index (κ1) is 21.1. The quantitative estimate of drug-likeness (QED) is 0.425.